The molecule has 0 aliphatic heterocycles. The zero-order valence-corrected chi connectivity index (χ0v) is 16.6. The molecule has 4 rings (SSSR count). The van der Waals surface area contributed by atoms with Gasteiger partial charge in [-0.25, -0.2) is 9.97 Å². The van der Waals surface area contributed by atoms with Gasteiger partial charge in [-0.15, -0.1) is 0 Å². The fraction of sp³-hybridized carbons (Fsp3) is 0.364. The highest BCUT2D eigenvalue weighted by molar-refractivity contribution is 5.94. The maximum Gasteiger partial charge on any atom is 0.253 e. The molecule has 7 heteroatoms. The van der Waals surface area contributed by atoms with Crippen LogP contribution in [0.3, 0.4) is 0 Å². The SMILES string of the molecule is CCNC(=O)[C@H]1CC[C@@H](N(C)C(=O)c2ccc(-c3nc4cccnc4o3)cc2)C1. The number of carbonyl (C=O) groups is 2. The molecule has 1 aliphatic rings. The molecule has 1 aliphatic carbocycles. The number of amides is 2. The van der Waals surface area contributed by atoms with Gasteiger partial charge in [0.1, 0.15) is 5.52 Å². The Morgan fingerprint density at radius 3 is 2.72 bits per heavy atom. The van der Waals surface area contributed by atoms with Gasteiger partial charge in [-0.3, -0.25) is 9.59 Å². The number of nitrogens with zero attached hydrogens (tertiary/aromatic N) is 3. The summed E-state index contributed by atoms with van der Waals surface area (Å²) in [5.41, 5.74) is 2.59. The number of hydrogen-bond donors (Lipinski definition) is 1. The number of carbonyl (C=O) groups excluding carboxylic acids is 2. The van der Waals surface area contributed by atoms with E-state index in [1.165, 1.54) is 0 Å². The van der Waals surface area contributed by atoms with Crippen LogP contribution in [-0.4, -0.2) is 46.3 Å². The number of benzene rings is 1. The third kappa shape index (κ3) is 3.85. The molecule has 3 aromatic rings. The lowest BCUT2D eigenvalue weighted by atomic mass is 10.1. The Hall–Kier alpha value is -3.22. The lowest BCUT2D eigenvalue weighted by molar-refractivity contribution is -0.124. The quantitative estimate of drug-likeness (QED) is 0.720. The Morgan fingerprint density at radius 1 is 1.21 bits per heavy atom. The zero-order valence-electron chi connectivity index (χ0n) is 16.6. The van der Waals surface area contributed by atoms with Crippen molar-refractivity contribution in [1.82, 2.24) is 20.2 Å². The summed E-state index contributed by atoms with van der Waals surface area (Å²) >= 11 is 0. The van der Waals surface area contributed by atoms with E-state index in [0.29, 0.717) is 35.6 Å². The standard InChI is InChI=1S/C22H24N4O3/c1-3-23-19(27)16-10-11-17(13-16)26(2)22(28)15-8-6-14(7-9-15)20-25-18-5-4-12-24-21(18)29-20/h4-9,12,16-17H,3,10-11,13H2,1-2H3,(H,23,27)/t16-,17+/m0/s1. The van der Waals surface area contributed by atoms with Crippen LogP contribution in [0.2, 0.25) is 0 Å². The summed E-state index contributed by atoms with van der Waals surface area (Å²) in [6.45, 7) is 2.55. The van der Waals surface area contributed by atoms with Crippen molar-refractivity contribution in [2.45, 2.75) is 32.2 Å². The van der Waals surface area contributed by atoms with E-state index < -0.39 is 0 Å². The highest BCUT2D eigenvalue weighted by Crippen LogP contribution is 2.30. The fourth-order valence-corrected chi connectivity index (χ4v) is 3.88. The summed E-state index contributed by atoms with van der Waals surface area (Å²) in [4.78, 5) is 35.3. The number of aromatic nitrogens is 2. The topological polar surface area (TPSA) is 88.3 Å². The van der Waals surface area contributed by atoms with Gasteiger partial charge in [0.25, 0.3) is 5.91 Å². The molecule has 1 aromatic carbocycles. The maximum atomic E-state index is 12.9. The van der Waals surface area contributed by atoms with Crippen molar-refractivity contribution in [3.05, 3.63) is 48.2 Å². The van der Waals surface area contributed by atoms with E-state index >= 15 is 0 Å². The van der Waals surface area contributed by atoms with E-state index in [1.54, 1.807) is 23.2 Å². The summed E-state index contributed by atoms with van der Waals surface area (Å²) in [7, 11) is 1.81. The molecule has 0 unspecified atom stereocenters. The predicted octanol–water partition coefficient (Wildman–Crippen LogP) is 3.27. The van der Waals surface area contributed by atoms with Gasteiger partial charge in [0, 0.05) is 42.9 Å². The van der Waals surface area contributed by atoms with E-state index in [9.17, 15) is 9.59 Å². The first-order valence-electron chi connectivity index (χ1n) is 9.93. The van der Waals surface area contributed by atoms with Gasteiger partial charge in [-0.1, -0.05) is 0 Å². The largest absolute Gasteiger partial charge is 0.418 e. The minimum absolute atomic E-state index is 0.00894. The van der Waals surface area contributed by atoms with Gasteiger partial charge in [0.2, 0.25) is 17.5 Å². The molecule has 0 saturated heterocycles. The van der Waals surface area contributed by atoms with Crippen LogP contribution in [0.1, 0.15) is 36.5 Å². The van der Waals surface area contributed by atoms with Gasteiger partial charge in [-0.2, -0.15) is 0 Å². The molecule has 0 spiro atoms. The van der Waals surface area contributed by atoms with Gasteiger partial charge in [0.05, 0.1) is 0 Å². The number of rotatable bonds is 5. The van der Waals surface area contributed by atoms with Crippen molar-refractivity contribution >= 4 is 23.0 Å². The smallest absolute Gasteiger partial charge is 0.253 e. The lowest BCUT2D eigenvalue weighted by Crippen LogP contribution is -2.36. The first kappa shape index (κ1) is 19.1. The average Bonchev–Trinajstić information content (AvgIpc) is 3.40. The molecule has 2 amide bonds. The second-order valence-corrected chi connectivity index (χ2v) is 7.40. The summed E-state index contributed by atoms with van der Waals surface area (Å²) in [5.74, 6) is 0.516. The van der Waals surface area contributed by atoms with Crippen LogP contribution in [0.25, 0.3) is 22.7 Å². The molecule has 1 fully saturated rings. The third-order valence-corrected chi connectivity index (χ3v) is 5.54. The van der Waals surface area contributed by atoms with Crippen LogP contribution in [-0.2, 0) is 4.79 Å². The van der Waals surface area contributed by atoms with E-state index in [1.807, 2.05) is 38.2 Å². The molecule has 0 radical (unpaired) electrons. The van der Waals surface area contributed by atoms with Crippen LogP contribution in [0.4, 0.5) is 0 Å². The van der Waals surface area contributed by atoms with Crippen LogP contribution in [0.5, 0.6) is 0 Å². The third-order valence-electron chi connectivity index (χ3n) is 5.54. The molecule has 2 aromatic heterocycles. The normalized spacial score (nSPS) is 18.7. The summed E-state index contributed by atoms with van der Waals surface area (Å²) < 4.78 is 5.68. The molecule has 150 valence electrons. The van der Waals surface area contributed by atoms with Crippen molar-refractivity contribution in [2.24, 2.45) is 5.92 Å². The molecule has 2 heterocycles. The van der Waals surface area contributed by atoms with E-state index in [2.05, 4.69) is 15.3 Å². The lowest BCUT2D eigenvalue weighted by Gasteiger charge is -2.25. The number of oxazole rings is 1. The highest BCUT2D eigenvalue weighted by Gasteiger charge is 2.33. The molecule has 1 N–H and O–H groups in total. The summed E-state index contributed by atoms with van der Waals surface area (Å²) in [6, 6.07) is 11.0. The van der Waals surface area contributed by atoms with Gasteiger partial charge in [-0.05, 0) is 62.6 Å². The van der Waals surface area contributed by atoms with E-state index in [0.717, 1.165) is 18.4 Å². The van der Waals surface area contributed by atoms with Crippen LogP contribution in [0.15, 0.2) is 47.0 Å². The first-order chi connectivity index (χ1) is 14.1. The van der Waals surface area contributed by atoms with Crippen molar-refractivity contribution < 1.29 is 14.0 Å². The van der Waals surface area contributed by atoms with Crippen LogP contribution >= 0.6 is 0 Å². The minimum atomic E-state index is -0.0441. The second-order valence-electron chi connectivity index (χ2n) is 7.40. The van der Waals surface area contributed by atoms with Crippen molar-refractivity contribution in [3.63, 3.8) is 0 Å². The average molecular weight is 392 g/mol. The molecule has 29 heavy (non-hydrogen) atoms. The summed E-state index contributed by atoms with van der Waals surface area (Å²) in [5, 5.41) is 2.88. The Labute approximate surface area is 169 Å². The van der Waals surface area contributed by atoms with Gasteiger partial charge in [0.15, 0.2) is 0 Å². The minimum Gasteiger partial charge on any atom is -0.418 e. The first-order valence-corrected chi connectivity index (χ1v) is 9.93. The molecule has 7 nitrogen and oxygen atoms in total. The van der Waals surface area contributed by atoms with E-state index in [4.69, 9.17) is 4.42 Å². The highest BCUT2D eigenvalue weighted by atomic mass is 16.4. The zero-order chi connectivity index (χ0) is 20.4. The second kappa shape index (κ2) is 8.03. The molecular weight excluding hydrogens is 368 g/mol. The fourth-order valence-electron chi connectivity index (χ4n) is 3.88. The summed E-state index contributed by atoms with van der Waals surface area (Å²) in [6.07, 6.45) is 4.03. The maximum absolute atomic E-state index is 12.9. The Bertz CT molecular complexity index is 995. The van der Waals surface area contributed by atoms with E-state index in [-0.39, 0.29) is 23.8 Å². The molecule has 1 saturated carbocycles. The Kier molecular flexibility index (Phi) is 5.29. The van der Waals surface area contributed by atoms with Gasteiger partial charge < -0.3 is 14.6 Å². The molecule has 0 bridgehead atoms. The Morgan fingerprint density at radius 2 is 2.00 bits per heavy atom. The number of pyridine rings is 1. The van der Waals surface area contributed by atoms with Crippen LogP contribution in [0, 0.1) is 5.92 Å². The van der Waals surface area contributed by atoms with Gasteiger partial charge >= 0.3 is 0 Å². The van der Waals surface area contributed by atoms with Crippen LogP contribution < -0.4 is 5.32 Å². The molecule has 2 atom stereocenters. The monoisotopic (exact) mass is 392 g/mol. The van der Waals surface area contributed by atoms with Crippen molar-refractivity contribution in [2.75, 3.05) is 13.6 Å². The van der Waals surface area contributed by atoms with Crippen molar-refractivity contribution in [1.29, 1.82) is 0 Å². The molecular formula is C22H24N4O3. The van der Waals surface area contributed by atoms with Crippen molar-refractivity contribution in [3.8, 4) is 11.5 Å². The number of nitrogens with one attached hydrogen (secondary N) is 1. The number of fused-ring (bicyclic) bond motifs is 1. The Balaban J connectivity index is 1.44. The number of hydrogen-bond acceptors (Lipinski definition) is 5. The predicted molar refractivity (Wildman–Crippen MR) is 109 cm³/mol.